The average Bonchev–Trinajstić information content (AvgIpc) is 2.86. The minimum Gasteiger partial charge on any atom is -0.497 e. The van der Waals surface area contributed by atoms with E-state index in [-0.39, 0.29) is 5.91 Å². The molecule has 5 heteroatoms. The molecule has 2 rings (SSSR count). The van der Waals surface area contributed by atoms with Crippen molar-refractivity contribution in [2.75, 3.05) is 14.2 Å². The van der Waals surface area contributed by atoms with Crippen LogP contribution in [0.1, 0.15) is 18.4 Å². The molecule has 0 aliphatic carbocycles. The van der Waals surface area contributed by atoms with Gasteiger partial charge in [-0.2, -0.15) is 5.06 Å². The molecule has 0 saturated heterocycles. The van der Waals surface area contributed by atoms with Crippen molar-refractivity contribution >= 4 is 5.91 Å². The molecule has 0 radical (unpaired) electrons. The number of nitrogens with one attached hydrogen (secondary N) is 1. The molecule has 19 heavy (non-hydrogen) atoms. The Labute approximate surface area is 112 Å². The fourth-order valence-electron chi connectivity index (χ4n) is 1.85. The van der Waals surface area contributed by atoms with Crippen LogP contribution < -0.4 is 14.9 Å². The Morgan fingerprint density at radius 1 is 1.53 bits per heavy atom. The Morgan fingerprint density at radius 3 is 3.00 bits per heavy atom. The number of hydrogen-bond donors (Lipinski definition) is 1. The third-order valence-electron chi connectivity index (χ3n) is 3.06. The summed E-state index contributed by atoms with van der Waals surface area (Å²) < 4.78 is 5.15. The molecule has 1 N–H and O–H groups in total. The van der Waals surface area contributed by atoms with Crippen LogP contribution >= 0.6 is 0 Å². The molecular formula is C14H18N2O3. The van der Waals surface area contributed by atoms with Gasteiger partial charge in [-0.15, -0.1) is 0 Å². The summed E-state index contributed by atoms with van der Waals surface area (Å²) in [6, 6.07) is 5.51. The maximum absolute atomic E-state index is 12.0. The van der Waals surface area contributed by atoms with E-state index in [1.54, 1.807) is 14.2 Å². The second-order valence-electron chi connectivity index (χ2n) is 4.35. The van der Waals surface area contributed by atoms with Crippen LogP contribution in [0.15, 0.2) is 30.5 Å². The second-order valence-corrected chi connectivity index (χ2v) is 4.35. The summed E-state index contributed by atoms with van der Waals surface area (Å²) in [6.07, 6.45) is 0.986. The van der Waals surface area contributed by atoms with Gasteiger partial charge in [0.1, 0.15) is 5.75 Å². The van der Waals surface area contributed by atoms with Crippen molar-refractivity contribution in [3.05, 3.63) is 36.0 Å². The molecule has 5 nitrogen and oxygen atoms in total. The molecule has 1 aromatic carbocycles. The molecular weight excluding hydrogens is 244 g/mol. The second kappa shape index (κ2) is 5.65. The highest BCUT2D eigenvalue weighted by molar-refractivity contribution is 5.76. The number of allylic oxidation sites excluding steroid dienone is 1. The van der Waals surface area contributed by atoms with Gasteiger partial charge in [0.05, 0.1) is 13.7 Å². The minimum absolute atomic E-state index is 0.0495. The van der Waals surface area contributed by atoms with E-state index in [0.717, 1.165) is 17.0 Å². The molecule has 0 fully saturated rings. The number of hydroxylamine groups is 2. The number of methoxy groups -OCH3 is 1. The normalized spacial score (nSPS) is 12.6. The van der Waals surface area contributed by atoms with Crippen molar-refractivity contribution in [2.45, 2.75) is 19.4 Å². The van der Waals surface area contributed by atoms with E-state index in [1.807, 2.05) is 18.2 Å². The van der Waals surface area contributed by atoms with Crippen LogP contribution in [0.4, 0.5) is 0 Å². The van der Waals surface area contributed by atoms with E-state index in [2.05, 4.69) is 11.9 Å². The SMILES string of the molecule is C=C(CCC(=O)N1Cc2cc(OC)ccc2O1)NC. The van der Waals surface area contributed by atoms with Crippen molar-refractivity contribution < 1.29 is 14.4 Å². The molecule has 102 valence electrons. The summed E-state index contributed by atoms with van der Waals surface area (Å²) >= 11 is 0. The zero-order valence-electron chi connectivity index (χ0n) is 11.2. The van der Waals surface area contributed by atoms with Gasteiger partial charge in [0.2, 0.25) is 0 Å². The predicted octanol–water partition coefficient (Wildman–Crippen LogP) is 1.84. The summed E-state index contributed by atoms with van der Waals surface area (Å²) in [6.45, 7) is 4.25. The number of carbonyl (C=O) groups excluding carboxylic acids is 1. The zero-order valence-corrected chi connectivity index (χ0v) is 11.2. The van der Waals surface area contributed by atoms with Crippen molar-refractivity contribution in [1.29, 1.82) is 0 Å². The molecule has 1 aliphatic rings. The monoisotopic (exact) mass is 262 g/mol. The maximum Gasteiger partial charge on any atom is 0.255 e. The Balaban J connectivity index is 1.95. The lowest BCUT2D eigenvalue weighted by molar-refractivity contribution is -0.155. The van der Waals surface area contributed by atoms with Gasteiger partial charge in [0, 0.05) is 24.7 Å². The third-order valence-corrected chi connectivity index (χ3v) is 3.06. The van der Waals surface area contributed by atoms with Gasteiger partial charge in [0.25, 0.3) is 5.91 Å². The van der Waals surface area contributed by atoms with Crippen LogP contribution in [0, 0.1) is 0 Å². The van der Waals surface area contributed by atoms with Crippen LogP contribution in [0.2, 0.25) is 0 Å². The summed E-state index contributed by atoms with van der Waals surface area (Å²) in [7, 11) is 3.41. The van der Waals surface area contributed by atoms with Gasteiger partial charge in [-0.3, -0.25) is 4.79 Å². The van der Waals surface area contributed by atoms with Gasteiger partial charge in [-0.05, 0) is 24.6 Å². The number of benzene rings is 1. The first-order valence-corrected chi connectivity index (χ1v) is 6.15. The lowest BCUT2D eigenvalue weighted by atomic mass is 10.2. The number of ether oxygens (including phenoxy) is 1. The van der Waals surface area contributed by atoms with Gasteiger partial charge in [0.15, 0.2) is 5.75 Å². The molecule has 1 aliphatic heterocycles. The Morgan fingerprint density at radius 2 is 2.32 bits per heavy atom. The van der Waals surface area contributed by atoms with Crippen molar-refractivity contribution in [1.82, 2.24) is 10.4 Å². The Kier molecular flexibility index (Phi) is 3.94. The number of nitrogens with zero attached hydrogens (tertiary/aromatic N) is 1. The smallest absolute Gasteiger partial charge is 0.255 e. The van der Waals surface area contributed by atoms with Crippen molar-refractivity contribution in [3.63, 3.8) is 0 Å². The fraction of sp³-hybridized carbons (Fsp3) is 0.357. The van der Waals surface area contributed by atoms with Gasteiger partial charge < -0.3 is 14.9 Å². The number of fused-ring (bicyclic) bond motifs is 1. The van der Waals surface area contributed by atoms with E-state index in [4.69, 9.17) is 9.57 Å². The van der Waals surface area contributed by atoms with E-state index in [0.29, 0.717) is 25.1 Å². The average molecular weight is 262 g/mol. The summed E-state index contributed by atoms with van der Waals surface area (Å²) in [4.78, 5) is 17.5. The first-order chi connectivity index (χ1) is 9.13. The van der Waals surface area contributed by atoms with Gasteiger partial charge in [-0.25, -0.2) is 0 Å². The molecule has 1 aromatic rings. The van der Waals surface area contributed by atoms with E-state index in [1.165, 1.54) is 5.06 Å². The predicted molar refractivity (Wildman–Crippen MR) is 71.6 cm³/mol. The summed E-state index contributed by atoms with van der Waals surface area (Å²) in [5.74, 6) is 1.42. The molecule has 1 heterocycles. The minimum atomic E-state index is -0.0495. The topological polar surface area (TPSA) is 50.8 Å². The van der Waals surface area contributed by atoms with Gasteiger partial charge in [-0.1, -0.05) is 6.58 Å². The highest BCUT2D eigenvalue weighted by Gasteiger charge is 2.25. The van der Waals surface area contributed by atoms with Crippen LogP contribution in [0.25, 0.3) is 0 Å². The van der Waals surface area contributed by atoms with Crippen LogP contribution in [0.5, 0.6) is 11.5 Å². The lowest BCUT2D eigenvalue weighted by Gasteiger charge is -2.14. The first kappa shape index (κ1) is 13.3. The molecule has 0 aromatic heterocycles. The molecule has 0 unspecified atom stereocenters. The first-order valence-electron chi connectivity index (χ1n) is 6.15. The number of hydrogen-bond acceptors (Lipinski definition) is 4. The van der Waals surface area contributed by atoms with Crippen LogP contribution in [-0.4, -0.2) is 25.1 Å². The number of rotatable bonds is 5. The Hall–Kier alpha value is -2.17. The molecule has 0 spiro atoms. The van der Waals surface area contributed by atoms with Gasteiger partial charge >= 0.3 is 0 Å². The molecule has 0 saturated carbocycles. The highest BCUT2D eigenvalue weighted by Crippen LogP contribution is 2.31. The van der Waals surface area contributed by atoms with Crippen molar-refractivity contribution in [3.8, 4) is 11.5 Å². The Bertz CT molecular complexity index is 499. The van der Waals surface area contributed by atoms with E-state index >= 15 is 0 Å². The quantitative estimate of drug-likeness (QED) is 0.879. The zero-order chi connectivity index (χ0) is 13.8. The number of amides is 1. The number of carbonyl (C=O) groups is 1. The maximum atomic E-state index is 12.0. The standard InChI is InChI=1S/C14H18N2O3/c1-10(15-2)4-7-14(17)16-9-11-8-12(18-3)5-6-13(11)19-16/h5-6,8,15H,1,4,7,9H2,2-3H3. The summed E-state index contributed by atoms with van der Waals surface area (Å²) in [5, 5.41) is 4.30. The largest absolute Gasteiger partial charge is 0.497 e. The fourth-order valence-corrected chi connectivity index (χ4v) is 1.85. The molecule has 0 bridgehead atoms. The van der Waals surface area contributed by atoms with Crippen LogP contribution in [-0.2, 0) is 11.3 Å². The van der Waals surface area contributed by atoms with E-state index < -0.39 is 0 Å². The summed E-state index contributed by atoms with van der Waals surface area (Å²) in [5.41, 5.74) is 1.80. The van der Waals surface area contributed by atoms with Crippen molar-refractivity contribution in [2.24, 2.45) is 0 Å². The molecule has 1 amide bonds. The molecule has 0 atom stereocenters. The van der Waals surface area contributed by atoms with E-state index in [9.17, 15) is 4.79 Å². The van der Waals surface area contributed by atoms with Crippen LogP contribution in [0.3, 0.4) is 0 Å². The highest BCUT2D eigenvalue weighted by atomic mass is 16.7. The lowest BCUT2D eigenvalue weighted by Crippen LogP contribution is -2.29. The third kappa shape index (κ3) is 2.99.